The van der Waals surface area contributed by atoms with E-state index < -0.39 is 0 Å². The molecule has 0 spiro atoms. The molecule has 0 radical (unpaired) electrons. The molecule has 128 valence electrons. The minimum atomic E-state index is 0. The van der Waals surface area contributed by atoms with Crippen LogP contribution in [0.15, 0.2) is 33.3 Å². The number of hydrogen-bond donors (Lipinski definition) is 1. The minimum absolute atomic E-state index is 0. The zero-order chi connectivity index (χ0) is 16.2. The fourth-order valence-electron chi connectivity index (χ4n) is 2.52. The Bertz CT molecular complexity index is 759. The fourth-order valence-corrected chi connectivity index (χ4v) is 2.52. The summed E-state index contributed by atoms with van der Waals surface area (Å²) in [5.41, 5.74) is 9.60. The first-order chi connectivity index (χ1) is 11.2. The normalized spacial score (nSPS) is 10.6. The van der Waals surface area contributed by atoms with Crippen LogP contribution < -0.4 is 5.73 Å². The van der Waals surface area contributed by atoms with Crippen molar-refractivity contribution >= 4 is 12.4 Å². The van der Waals surface area contributed by atoms with Gasteiger partial charge in [-0.25, -0.2) is 0 Å². The Hall–Kier alpha value is -2.18. The average molecular weight is 349 g/mol. The molecule has 0 saturated carbocycles. The SMILES string of the molecule is CCc1noc(CC)c1Cc1nc(-c2ccc(CN)cc2)no1.Cl. The van der Waals surface area contributed by atoms with Gasteiger partial charge in [0.15, 0.2) is 0 Å². The third-order valence-corrected chi connectivity index (χ3v) is 3.85. The van der Waals surface area contributed by atoms with Crippen molar-refractivity contribution in [2.75, 3.05) is 0 Å². The predicted octanol–water partition coefficient (Wildman–Crippen LogP) is 3.32. The third kappa shape index (κ3) is 3.66. The lowest BCUT2D eigenvalue weighted by atomic mass is 10.1. The number of hydrogen-bond acceptors (Lipinski definition) is 6. The van der Waals surface area contributed by atoms with Gasteiger partial charge in [-0.2, -0.15) is 4.98 Å². The molecule has 0 saturated heterocycles. The molecule has 1 aromatic carbocycles. The van der Waals surface area contributed by atoms with E-state index in [2.05, 4.69) is 22.2 Å². The van der Waals surface area contributed by atoms with Crippen LogP contribution in [-0.2, 0) is 25.8 Å². The molecule has 3 rings (SSSR count). The largest absolute Gasteiger partial charge is 0.361 e. The van der Waals surface area contributed by atoms with E-state index in [1.165, 1.54) is 0 Å². The summed E-state index contributed by atoms with van der Waals surface area (Å²) in [6.07, 6.45) is 2.16. The molecule has 0 bridgehead atoms. The number of halogens is 1. The maximum atomic E-state index is 5.61. The van der Waals surface area contributed by atoms with Crippen molar-refractivity contribution in [3.8, 4) is 11.4 Å². The predicted molar refractivity (Wildman–Crippen MR) is 92.9 cm³/mol. The van der Waals surface area contributed by atoms with Crippen molar-refractivity contribution in [3.05, 3.63) is 52.7 Å². The molecular formula is C17H21ClN4O2. The lowest BCUT2D eigenvalue weighted by Crippen LogP contribution is -1.96. The first kappa shape index (κ1) is 18.2. The summed E-state index contributed by atoms with van der Waals surface area (Å²) >= 11 is 0. The number of aromatic nitrogens is 3. The first-order valence-electron chi connectivity index (χ1n) is 7.83. The van der Waals surface area contributed by atoms with Crippen molar-refractivity contribution in [2.45, 2.75) is 39.7 Å². The summed E-state index contributed by atoms with van der Waals surface area (Å²) in [7, 11) is 0. The van der Waals surface area contributed by atoms with Gasteiger partial charge in [0.05, 0.1) is 12.1 Å². The van der Waals surface area contributed by atoms with E-state index in [1.54, 1.807) is 0 Å². The van der Waals surface area contributed by atoms with Gasteiger partial charge in [-0.1, -0.05) is 48.4 Å². The van der Waals surface area contributed by atoms with E-state index in [0.29, 0.717) is 24.7 Å². The highest BCUT2D eigenvalue weighted by atomic mass is 35.5. The van der Waals surface area contributed by atoms with Crippen molar-refractivity contribution < 1.29 is 9.05 Å². The number of aryl methyl sites for hydroxylation is 2. The molecule has 0 unspecified atom stereocenters. The molecule has 2 N–H and O–H groups in total. The Kier molecular flexibility index (Phi) is 6.11. The van der Waals surface area contributed by atoms with Gasteiger partial charge in [0.2, 0.25) is 11.7 Å². The molecule has 0 aliphatic rings. The number of benzene rings is 1. The maximum Gasteiger partial charge on any atom is 0.231 e. The molecule has 24 heavy (non-hydrogen) atoms. The van der Waals surface area contributed by atoms with Crippen LogP contribution in [0.5, 0.6) is 0 Å². The van der Waals surface area contributed by atoms with Crippen molar-refractivity contribution in [2.24, 2.45) is 5.73 Å². The average Bonchev–Trinajstić information content (AvgIpc) is 3.22. The Morgan fingerprint density at radius 3 is 2.38 bits per heavy atom. The second-order valence-electron chi connectivity index (χ2n) is 5.33. The Labute approximate surface area is 146 Å². The summed E-state index contributed by atoms with van der Waals surface area (Å²) in [5, 5.41) is 8.17. The van der Waals surface area contributed by atoms with Crippen molar-refractivity contribution in [1.29, 1.82) is 0 Å². The molecule has 6 nitrogen and oxygen atoms in total. The van der Waals surface area contributed by atoms with Crippen LogP contribution in [0, 0.1) is 0 Å². The second-order valence-corrected chi connectivity index (χ2v) is 5.33. The van der Waals surface area contributed by atoms with E-state index in [4.69, 9.17) is 14.8 Å². The standard InChI is InChI=1S/C17H20N4O2.ClH/c1-3-14-13(15(4-2)22-20-14)9-16-19-17(21-23-16)12-7-5-11(10-18)6-8-12;/h5-8H,3-4,9-10,18H2,1-2H3;1H. The highest BCUT2D eigenvalue weighted by Crippen LogP contribution is 2.21. The monoisotopic (exact) mass is 348 g/mol. The van der Waals surface area contributed by atoms with Crippen molar-refractivity contribution in [1.82, 2.24) is 15.3 Å². The summed E-state index contributed by atoms with van der Waals surface area (Å²) in [6.45, 7) is 4.62. The quantitative estimate of drug-likeness (QED) is 0.734. The van der Waals surface area contributed by atoms with Gasteiger partial charge < -0.3 is 14.8 Å². The van der Waals surface area contributed by atoms with E-state index in [1.807, 2.05) is 31.2 Å². The van der Waals surface area contributed by atoms with Gasteiger partial charge in [-0.05, 0) is 12.0 Å². The van der Waals surface area contributed by atoms with Crippen LogP contribution in [0.1, 0.15) is 42.3 Å². The maximum absolute atomic E-state index is 5.61. The fraction of sp³-hybridized carbons (Fsp3) is 0.353. The van der Waals surface area contributed by atoms with Crippen LogP contribution in [-0.4, -0.2) is 15.3 Å². The van der Waals surface area contributed by atoms with E-state index in [-0.39, 0.29) is 12.4 Å². The van der Waals surface area contributed by atoms with Gasteiger partial charge in [-0.15, -0.1) is 12.4 Å². The summed E-state index contributed by atoms with van der Waals surface area (Å²) in [6, 6.07) is 7.84. The zero-order valence-electron chi connectivity index (χ0n) is 13.8. The lowest BCUT2D eigenvalue weighted by Gasteiger charge is -1.98. The van der Waals surface area contributed by atoms with Crippen LogP contribution in [0.2, 0.25) is 0 Å². The summed E-state index contributed by atoms with van der Waals surface area (Å²) in [5.74, 6) is 2.03. The summed E-state index contributed by atoms with van der Waals surface area (Å²) < 4.78 is 10.8. The van der Waals surface area contributed by atoms with Crippen LogP contribution in [0.4, 0.5) is 0 Å². The third-order valence-electron chi connectivity index (χ3n) is 3.85. The number of rotatable bonds is 6. The molecule has 3 aromatic rings. The van der Waals surface area contributed by atoms with Gasteiger partial charge >= 0.3 is 0 Å². The molecule has 0 amide bonds. The van der Waals surface area contributed by atoms with Gasteiger partial charge in [0.25, 0.3) is 0 Å². The molecule has 2 heterocycles. The highest BCUT2D eigenvalue weighted by Gasteiger charge is 2.17. The van der Waals surface area contributed by atoms with Gasteiger partial charge in [-0.3, -0.25) is 0 Å². The minimum Gasteiger partial charge on any atom is -0.361 e. The number of nitrogens with zero attached hydrogens (tertiary/aromatic N) is 3. The zero-order valence-corrected chi connectivity index (χ0v) is 14.6. The summed E-state index contributed by atoms with van der Waals surface area (Å²) in [4.78, 5) is 4.48. The smallest absolute Gasteiger partial charge is 0.231 e. The molecule has 7 heteroatoms. The van der Waals surface area contributed by atoms with E-state index >= 15 is 0 Å². The topological polar surface area (TPSA) is 91.0 Å². The Balaban J connectivity index is 0.00000208. The second kappa shape index (κ2) is 8.08. The Morgan fingerprint density at radius 2 is 1.75 bits per heavy atom. The van der Waals surface area contributed by atoms with Gasteiger partial charge in [0.1, 0.15) is 5.76 Å². The number of nitrogens with two attached hydrogens (primary N) is 1. The molecule has 0 atom stereocenters. The Morgan fingerprint density at radius 1 is 1.00 bits per heavy atom. The van der Waals surface area contributed by atoms with Gasteiger partial charge in [0, 0.05) is 24.1 Å². The molecule has 0 aliphatic carbocycles. The highest BCUT2D eigenvalue weighted by molar-refractivity contribution is 5.85. The molecule has 0 aliphatic heterocycles. The van der Waals surface area contributed by atoms with E-state index in [0.717, 1.165) is 41.0 Å². The van der Waals surface area contributed by atoms with Crippen LogP contribution in [0.25, 0.3) is 11.4 Å². The first-order valence-corrected chi connectivity index (χ1v) is 7.83. The molecule has 0 fully saturated rings. The van der Waals surface area contributed by atoms with Crippen LogP contribution >= 0.6 is 12.4 Å². The molecular weight excluding hydrogens is 328 g/mol. The van der Waals surface area contributed by atoms with Crippen molar-refractivity contribution in [3.63, 3.8) is 0 Å². The lowest BCUT2D eigenvalue weighted by molar-refractivity contribution is 0.375. The molecule has 2 aromatic heterocycles. The van der Waals surface area contributed by atoms with E-state index in [9.17, 15) is 0 Å². The van der Waals surface area contributed by atoms with Crippen LogP contribution in [0.3, 0.4) is 0 Å².